The molecule has 1 amide bonds. The maximum Gasteiger partial charge on any atom is 0.269 e. The fourth-order valence-corrected chi connectivity index (χ4v) is 4.48. The number of rotatable bonds is 7. The molecule has 2 aliphatic rings. The molecule has 1 aromatic carbocycles. The van der Waals surface area contributed by atoms with Crippen LogP contribution in [-0.2, 0) is 17.9 Å². The summed E-state index contributed by atoms with van der Waals surface area (Å²) in [6.45, 7) is 4.03. The fraction of sp³-hybridized carbons (Fsp3) is 0.417. The molecule has 1 fully saturated rings. The number of fused-ring (bicyclic) bond motifs is 2. The molecule has 178 valence electrons. The molecule has 2 N–H and O–H groups in total. The molecule has 0 spiro atoms. The number of likely N-dealkylation sites (tertiary alicyclic amines) is 1. The number of carbonyl (C=O) groups excluding carboxylic acids is 1. The number of pyridine rings is 1. The molecule has 0 atom stereocenters. The summed E-state index contributed by atoms with van der Waals surface area (Å²) in [4.78, 5) is 34.9. The molecule has 0 bridgehead atoms. The third kappa shape index (κ3) is 4.87. The average molecular weight is 465 g/mol. The number of ether oxygens (including phenoxy) is 2. The van der Waals surface area contributed by atoms with Gasteiger partial charge in [-0.15, -0.1) is 0 Å². The predicted octanol–water partition coefficient (Wildman–Crippen LogP) is 1.39. The lowest BCUT2D eigenvalue weighted by molar-refractivity contribution is -0.118. The van der Waals surface area contributed by atoms with Gasteiger partial charge in [-0.05, 0) is 49.7 Å². The third-order valence-corrected chi connectivity index (χ3v) is 6.40. The molecule has 0 unspecified atom stereocenters. The Morgan fingerprint density at radius 2 is 2.00 bits per heavy atom. The first-order chi connectivity index (χ1) is 16.6. The molecule has 0 aliphatic carbocycles. The molecule has 0 saturated carbocycles. The number of anilines is 1. The molecule has 5 rings (SSSR count). The Bertz CT molecular complexity index is 1250. The Morgan fingerprint density at radius 1 is 1.15 bits per heavy atom. The second-order valence-corrected chi connectivity index (χ2v) is 8.63. The van der Waals surface area contributed by atoms with Crippen LogP contribution >= 0.6 is 0 Å². The van der Waals surface area contributed by atoms with Crippen LogP contribution in [0.1, 0.15) is 18.4 Å². The number of amides is 1. The number of hydrogen-bond acceptors (Lipinski definition) is 8. The van der Waals surface area contributed by atoms with E-state index in [2.05, 4.69) is 25.5 Å². The topological polar surface area (TPSA) is 111 Å². The standard InChI is InChI=1S/C24H28N6O4/c1-33-18-2-3-19-21(11-18)30(23(32)14-26-19)9-8-29-6-4-17(5-7-29)25-12-16-10-20-24(27-13-16)34-15-22(31)28-20/h2-3,10-11,13-14,17,25H,4-9,12,15H2,1H3,(H,28,31). The number of nitrogens with zero attached hydrogens (tertiary/aromatic N) is 4. The average Bonchev–Trinajstić information content (AvgIpc) is 2.87. The summed E-state index contributed by atoms with van der Waals surface area (Å²) in [6, 6.07) is 7.92. The Kier molecular flexibility index (Phi) is 6.41. The monoisotopic (exact) mass is 464 g/mol. The van der Waals surface area contributed by atoms with Crippen LogP contribution in [0.5, 0.6) is 11.6 Å². The van der Waals surface area contributed by atoms with Crippen molar-refractivity contribution < 1.29 is 14.3 Å². The summed E-state index contributed by atoms with van der Waals surface area (Å²) in [5, 5.41) is 6.40. The molecule has 1 saturated heterocycles. The first-order valence-electron chi connectivity index (χ1n) is 11.5. The van der Waals surface area contributed by atoms with Gasteiger partial charge in [-0.1, -0.05) is 0 Å². The minimum absolute atomic E-state index is 0.0103. The highest BCUT2D eigenvalue weighted by molar-refractivity contribution is 5.94. The van der Waals surface area contributed by atoms with Crippen LogP contribution in [0, 0.1) is 0 Å². The van der Waals surface area contributed by atoms with E-state index in [1.54, 1.807) is 17.9 Å². The zero-order chi connectivity index (χ0) is 23.5. The molecular weight excluding hydrogens is 436 g/mol. The van der Waals surface area contributed by atoms with Crippen molar-refractivity contribution in [2.24, 2.45) is 0 Å². The normalized spacial score (nSPS) is 16.7. The Morgan fingerprint density at radius 3 is 2.82 bits per heavy atom. The minimum atomic E-state index is -0.159. The summed E-state index contributed by atoms with van der Waals surface area (Å²) in [5.74, 6) is 1.02. The van der Waals surface area contributed by atoms with Gasteiger partial charge in [0.15, 0.2) is 6.61 Å². The molecule has 3 aromatic rings. The Hall–Kier alpha value is -3.50. The third-order valence-electron chi connectivity index (χ3n) is 6.40. The van der Waals surface area contributed by atoms with Crippen molar-refractivity contribution in [2.45, 2.75) is 32.0 Å². The van der Waals surface area contributed by atoms with Crippen molar-refractivity contribution in [1.82, 2.24) is 24.8 Å². The summed E-state index contributed by atoms with van der Waals surface area (Å²) >= 11 is 0. The lowest BCUT2D eigenvalue weighted by Crippen LogP contribution is -2.43. The highest BCUT2D eigenvalue weighted by Crippen LogP contribution is 2.25. The lowest BCUT2D eigenvalue weighted by Gasteiger charge is -2.32. The summed E-state index contributed by atoms with van der Waals surface area (Å²) in [6.07, 6.45) is 5.22. The highest BCUT2D eigenvalue weighted by atomic mass is 16.5. The van der Waals surface area contributed by atoms with Gasteiger partial charge in [0.1, 0.15) is 11.4 Å². The van der Waals surface area contributed by atoms with Crippen LogP contribution < -0.4 is 25.7 Å². The van der Waals surface area contributed by atoms with Gasteiger partial charge in [-0.3, -0.25) is 9.59 Å². The number of benzene rings is 1. The van der Waals surface area contributed by atoms with Gasteiger partial charge in [-0.25, -0.2) is 9.97 Å². The van der Waals surface area contributed by atoms with Gasteiger partial charge >= 0.3 is 0 Å². The number of hydrogen-bond donors (Lipinski definition) is 2. The first-order valence-corrected chi connectivity index (χ1v) is 11.5. The largest absolute Gasteiger partial charge is 0.497 e. The van der Waals surface area contributed by atoms with E-state index < -0.39 is 0 Å². The highest BCUT2D eigenvalue weighted by Gasteiger charge is 2.20. The van der Waals surface area contributed by atoms with Crippen molar-refractivity contribution in [1.29, 1.82) is 0 Å². The Labute approximate surface area is 196 Å². The van der Waals surface area contributed by atoms with Crippen molar-refractivity contribution >= 4 is 22.6 Å². The van der Waals surface area contributed by atoms with Gasteiger partial charge in [-0.2, -0.15) is 0 Å². The molecule has 4 heterocycles. The van der Waals surface area contributed by atoms with E-state index in [0.717, 1.165) is 49.1 Å². The molecule has 10 heteroatoms. The number of piperidine rings is 1. The van der Waals surface area contributed by atoms with Gasteiger partial charge in [0.25, 0.3) is 11.5 Å². The smallest absolute Gasteiger partial charge is 0.269 e. The van der Waals surface area contributed by atoms with Gasteiger partial charge in [0.2, 0.25) is 5.88 Å². The number of aromatic nitrogens is 3. The predicted molar refractivity (Wildman–Crippen MR) is 127 cm³/mol. The summed E-state index contributed by atoms with van der Waals surface area (Å²) in [7, 11) is 1.62. The van der Waals surface area contributed by atoms with E-state index >= 15 is 0 Å². The van der Waals surface area contributed by atoms with Crippen LogP contribution in [0.4, 0.5) is 5.69 Å². The van der Waals surface area contributed by atoms with E-state index in [1.165, 1.54) is 6.20 Å². The maximum atomic E-state index is 12.5. The van der Waals surface area contributed by atoms with E-state index in [1.807, 2.05) is 24.3 Å². The lowest BCUT2D eigenvalue weighted by atomic mass is 10.0. The van der Waals surface area contributed by atoms with Crippen molar-refractivity contribution in [3.63, 3.8) is 0 Å². The SMILES string of the molecule is COc1ccc2ncc(=O)n(CCN3CCC(NCc4cnc5c(c4)NC(=O)CO5)CC3)c2c1. The molecule has 0 radical (unpaired) electrons. The molecular formula is C24H28N6O4. The van der Waals surface area contributed by atoms with Gasteiger partial charge in [0, 0.05) is 37.9 Å². The van der Waals surface area contributed by atoms with E-state index in [9.17, 15) is 9.59 Å². The zero-order valence-electron chi connectivity index (χ0n) is 19.1. The number of nitrogens with one attached hydrogen (secondary N) is 2. The van der Waals surface area contributed by atoms with Crippen LogP contribution in [0.2, 0.25) is 0 Å². The quantitative estimate of drug-likeness (QED) is 0.540. The Balaban J connectivity index is 1.13. The van der Waals surface area contributed by atoms with E-state index in [-0.39, 0.29) is 18.1 Å². The number of carbonyl (C=O) groups is 1. The van der Waals surface area contributed by atoms with Crippen molar-refractivity contribution in [3.05, 3.63) is 52.6 Å². The van der Waals surface area contributed by atoms with Crippen molar-refractivity contribution in [3.8, 4) is 11.6 Å². The second-order valence-electron chi connectivity index (χ2n) is 8.63. The minimum Gasteiger partial charge on any atom is -0.497 e. The van der Waals surface area contributed by atoms with Crippen LogP contribution in [0.25, 0.3) is 11.0 Å². The van der Waals surface area contributed by atoms with Crippen LogP contribution in [0.15, 0.2) is 41.5 Å². The van der Waals surface area contributed by atoms with Crippen molar-refractivity contribution in [2.75, 3.05) is 38.7 Å². The maximum absolute atomic E-state index is 12.5. The van der Waals surface area contributed by atoms with Gasteiger partial charge in [0.05, 0.1) is 24.3 Å². The summed E-state index contributed by atoms with van der Waals surface area (Å²) < 4.78 is 12.4. The summed E-state index contributed by atoms with van der Waals surface area (Å²) in [5.41, 5.74) is 3.11. The second kappa shape index (κ2) is 9.78. The fourth-order valence-electron chi connectivity index (χ4n) is 4.48. The molecule has 2 aromatic heterocycles. The molecule has 2 aliphatic heterocycles. The molecule has 34 heavy (non-hydrogen) atoms. The van der Waals surface area contributed by atoms with Gasteiger partial charge < -0.3 is 29.6 Å². The number of methoxy groups -OCH3 is 1. The van der Waals surface area contributed by atoms with Crippen LogP contribution in [0.3, 0.4) is 0 Å². The van der Waals surface area contributed by atoms with E-state index in [4.69, 9.17) is 9.47 Å². The van der Waals surface area contributed by atoms with Crippen LogP contribution in [-0.4, -0.2) is 64.7 Å². The zero-order valence-corrected chi connectivity index (χ0v) is 19.1. The van der Waals surface area contributed by atoms with E-state index in [0.29, 0.717) is 36.4 Å². The first kappa shape index (κ1) is 22.3. The molecule has 10 nitrogen and oxygen atoms in total.